The quantitative estimate of drug-likeness (QED) is 0.0385. The summed E-state index contributed by atoms with van der Waals surface area (Å²) in [5.74, 6) is -1.27. The van der Waals surface area contributed by atoms with Gasteiger partial charge in [-0.1, -0.05) is 22.6 Å². The Morgan fingerprint density at radius 2 is 1.42 bits per heavy atom. The zero-order valence-corrected chi connectivity index (χ0v) is 37.7. The van der Waals surface area contributed by atoms with E-state index < -0.39 is 46.8 Å². The van der Waals surface area contributed by atoms with Crippen LogP contribution < -0.4 is 103 Å². The fourth-order valence-corrected chi connectivity index (χ4v) is 5.51. The largest absolute Gasteiger partial charge is 1.00 e. The number of ether oxygens (including phenoxy) is 2. The molecular formula is C27H25CuN5Na3O13S3-. The zero-order chi connectivity index (χ0) is 36.0. The topological polar surface area (TPSA) is 289 Å². The first-order valence-corrected chi connectivity index (χ1v) is 17.2. The summed E-state index contributed by atoms with van der Waals surface area (Å²) >= 11 is 0. The summed E-state index contributed by atoms with van der Waals surface area (Å²) in [5.41, 5.74) is 0.141. The monoisotopic (exact) mass is 855 g/mol. The number of hydrogen-bond donors (Lipinski definition) is 4. The van der Waals surface area contributed by atoms with Crippen LogP contribution in [0.4, 0.5) is 28.4 Å². The molecule has 0 unspecified atom stereocenters. The first-order chi connectivity index (χ1) is 22.3. The molecule has 0 atom stereocenters. The van der Waals surface area contributed by atoms with E-state index >= 15 is 0 Å². The van der Waals surface area contributed by atoms with E-state index in [4.69, 9.17) is 27.0 Å². The number of phenolic OH excluding ortho intramolecular Hbond substituents is 2. The summed E-state index contributed by atoms with van der Waals surface area (Å²) in [6.07, 6.45) is 0. The van der Waals surface area contributed by atoms with Crippen molar-refractivity contribution in [3.05, 3.63) is 61.5 Å². The minimum Gasteiger partial charge on any atom is -0.744 e. The molecule has 0 fully saturated rings. The number of hydrogen-bond acceptors (Lipinski definition) is 17. The number of anilines is 1. The van der Waals surface area contributed by atoms with Crippen molar-refractivity contribution in [3.63, 3.8) is 0 Å². The second-order valence-corrected chi connectivity index (χ2v) is 13.4. The Balaban J connectivity index is 0. The number of aromatic hydroxyl groups is 2. The molecule has 0 amide bonds. The predicted molar refractivity (Wildman–Crippen MR) is 168 cm³/mol. The summed E-state index contributed by atoms with van der Waals surface area (Å²) in [6.45, 7) is 3.38. The molecule has 4 aromatic carbocycles. The van der Waals surface area contributed by atoms with Gasteiger partial charge in [0.15, 0.2) is 9.84 Å². The van der Waals surface area contributed by atoms with Crippen LogP contribution >= 0.6 is 0 Å². The fraction of sp³-hybridized carbons (Fsp3) is 0.148. The van der Waals surface area contributed by atoms with Crippen molar-refractivity contribution in [2.45, 2.75) is 9.79 Å². The molecule has 18 nitrogen and oxygen atoms in total. The van der Waals surface area contributed by atoms with Crippen LogP contribution in [0.1, 0.15) is 0 Å². The van der Waals surface area contributed by atoms with Gasteiger partial charge in [0.05, 0.1) is 24.8 Å². The molecule has 0 aliphatic carbocycles. The Labute approximate surface area is 376 Å². The molecule has 0 spiro atoms. The van der Waals surface area contributed by atoms with Crippen molar-refractivity contribution in [2.24, 2.45) is 20.5 Å². The normalized spacial score (nSPS) is 11.3. The number of phenols is 2. The number of rotatable bonds is 10. The van der Waals surface area contributed by atoms with Gasteiger partial charge in [-0.05, 0) is 24.3 Å². The first kappa shape index (κ1) is 52.7. The number of methoxy groups -OCH3 is 2. The van der Waals surface area contributed by atoms with E-state index in [1.54, 1.807) is 19.2 Å². The molecule has 1 radical (unpaired) electrons. The molecule has 269 valence electrons. The van der Waals surface area contributed by atoms with Gasteiger partial charge in [-0.3, -0.25) is 4.55 Å². The molecular weight excluding hydrogens is 831 g/mol. The third-order valence-electron chi connectivity index (χ3n) is 6.14. The van der Waals surface area contributed by atoms with Crippen molar-refractivity contribution in [3.8, 4) is 23.0 Å². The molecule has 4 aromatic rings. The van der Waals surface area contributed by atoms with Crippen LogP contribution in [0.5, 0.6) is 23.0 Å². The standard InChI is InChI=1S/C27H25N5O9S2.Cu.3Na.H2O4S/c1-5-42(35,36)25-14-22(33)21(13-23(25)41-4)31-30-20-11-7-16-17(27(20)34)8-10-19(28-2)26(16)32-29-18-9-6-15(40-3)12-24(18)43(37,38)39;;;;;1-5(2,3)4/h6-10,12-14,28,33-34H,1,5H2,2-4H3,(H,37,38,39);;;;;(H2,1,2,3,4)/q-2;;3*+1;/p-2. The average molecular weight is 856 g/mol. The minimum atomic E-state index is -4.92. The van der Waals surface area contributed by atoms with Gasteiger partial charge in [0.1, 0.15) is 43.6 Å². The summed E-state index contributed by atoms with van der Waals surface area (Å²) in [5, 5.41) is 40.9. The van der Waals surface area contributed by atoms with Gasteiger partial charge in [-0.2, -0.15) is 27.5 Å². The van der Waals surface area contributed by atoms with Crippen molar-refractivity contribution in [2.75, 3.05) is 32.3 Å². The first-order valence-electron chi connectivity index (χ1n) is 12.8. The Morgan fingerprint density at radius 1 is 0.827 bits per heavy atom. The summed E-state index contributed by atoms with van der Waals surface area (Å²) < 4.78 is 103. The number of benzene rings is 4. The van der Waals surface area contributed by atoms with Crippen LogP contribution in [-0.4, -0.2) is 76.1 Å². The molecule has 0 aliphatic heterocycles. The fourth-order valence-electron chi connectivity index (χ4n) is 3.93. The molecule has 25 heteroatoms. The van der Waals surface area contributed by atoms with Crippen LogP contribution in [-0.2, 0) is 47.4 Å². The second-order valence-electron chi connectivity index (χ2n) is 9.09. The number of azo groups is 2. The van der Waals surface area contributed by atoms with E-state index in [1.165, 1.54) is 38.5 Å². The number of nitrogens with zero attached hydrogens (tertiary/aromatic N) is 4. The van der Waals surface area contributed by atoms with Gasteiger partial charge >= 0.3 is 88.7 Å². The summed E-state index contributed by atoms with van der Waals surface area (Å²) in [4.78, 5) is -0.894. The number of fused-ring (bicyclic) bond motifs is 1. The van der Waals surface area contributed by atoms with Crippen LogP contribution in [0, 0.1) is 13.0 Å². The summed E-state index contributed by atoms with van der Waals surface area (Å²) in [6, 6.07) is 13.2. The molecule has 4 N–H and O–H groups in total. The molecule has 0 bridgehead atoms. The van der Waals surface area contributed by atoms with Crippen LogP contribution in [0.2, 0.25) is 0 Å². The number of nitrogens with one attached hydrogen (secondary N) is 1. The second kappa shape index (κ2) is 22.2. The minimum absolute atomic E-state index is 0. The van der Waals surface area contributed by atoms with Crippen LogP contribution in [0.25, 0.3) is 10.8 Å². The van der Waals surface area contributed by atoms with Gasteiger partial charge < -0.3 is 41.0 Å². The zero-order valence-electron chi connectivity index (χ0n) is 28.3. The van der Waals surface area contributed by atoms with Gasteiger partial charge in [0.25, 0.3) is 0 Å². The van der Waals surface area contributed by atoms with E-state index in [-0.39, 0.29) is 156 Å². The van der Waals surface area contributed by atoms with Gasteiger partial charge in [-0.25, -0.2) is 25.3 Å². The Bertz CT molecular complexity index is 2260. The molecule has 4 rings (SSSR count). The third-order valence-corrected chi connectivity index (χ3v) is 8.53. The van der Waals surface area contributed by atoms with Crippen molar-refractivity contribution < 1.29 is 164 Å². The van der Waals surface area contributed by atoms with E-state index in [0.717, 1.165) is 12.1 Å². The smallest absolute Gasteiger partial charge is 0.744 e. The van der Waals surface area contributed by atoms with Gasteiger partial charge in [0, 0.05) is 53.4 Å². The molecule has 52 heavy (non-hydrogen) atoms. The maximum Gasteiger partial charge on any atom is 1.00 e. The van der Waals surface area contributed by atoms with E-state index in [1.807, 2.05) is 0 Å². The summed E-state index contributed by atoms with van der Waals surface area (Å²) in [7, 11) is -9.46. The van der Waals surface area contributed by atoms with Crippen molar-refractivity contribution in [1.29, 1.82) is 0 Å². The Hall–Kier alpha value is -1.41. The maximum absolute atomic E-state index is 12.3. The SMILES string of the molecule is O=S(=O)([O-])O.[CH2-]CS(=O)(=O)c1cc(O)c(N=Nc2[c-]cc3c(N=Nc4ccc(OC)cc4S(=O)(=O)[O-])c(NC)ccc3c2O)cc1OC.[Cu].[Na+].[Na+].[Na+]. The molecule has 0 aromatic heterocycles. The number of sulfone groups is 1. The average Bonchev–Trinajstić information content (AvgIpc) is 3.02. The van der Waals surface area contributed by atoms with E-state index in [2.05, 4.69) is 38.8 Å². The van der Waals surface area contributed by atoms with E-state index in [9.17, 15) is 31.6 Å². The Morgan fingerprint density at radius 3 is 1.94 bits per heavy atom. The molecule has 0 aliphatic rings. The predicted octanol–water partition coefficient (Wildman–Crippen LogP) is -4.53. The van der Waals surface area contributed by atoms with Crippen molar-refractivity contribution in [1.82, 2.24) is 0 Å². The molecule has 0 saturated heterocycles. The van der Waals surface area contributed by atoms with Gasteiger partial charge in [-0.15, -0.1) is 5.11 Å². The molecule has 0 saturated carbocycles. The van der Waals surface area contributed by atoms with Gasteiger partial charge in [0.2, 0.25) is 10.4 Å². The van der Waals surface area contributed by atoms with Crippen LogP contribution in [0.15, 0.2) is 78.8 Å². The van der Waals surface area contributed by atoms with Crippen molar-refractivity contribution >= 4 is 69.6 Å². The molecule has 0 heterocycles. The van der Waals surface area contributed by atoms with Crippen LogP contribution in [0.3, 0.4) is 0 Å². The third kappa shape index (κ3) is 14.0. The maximum atomic E-state index is 12.3. The Kier molecular flexibility index (Phi) is 22.5. The van der Waals surface area contributed by atoms with E-state index in [0.29, 0.717) is 11.1 Å².